The molecule has 3 rings (SSSR count). The zero-order valence-corrected chi connectivity index (χ0v) is 17.8. The van der Waals surface area contributed by atoms with Crippen molar-refractivity contribution in [2.24, 2.45) is 10.9 Å². The molecule has 0 aromatic heterocycles. The van der Waals surface area contributed by atoms with Crippen molar-refractivity contribution in [3.05, 3.63) is 30.3 Å². The summed E-state index contributed by atoms with van der Waals surface area (Å²) in [6.45, 7) is 8.74. The van der Waals surface area contributed by atoms with Gasteiger partial charge in [0.2, 0.25) is 0 Å². The first-order valence-electron chi connectivity index (χ1n) is 9.25. The van der Waals surface area contributed by atoms with Gasteiger partial charge >= 0.3 is 0 Å². The number of para-hydroxylation sites is 1. The number of guanidine groups is 1. The molecule has 1 heterocycles. The Kier molecular flexibility index (Phi) is 8.29. The Balaban J connectivity index is 0.00000225. The van der Waals surface area contributed by atoms with Crippen LogP contribution in [0.1, 0.15) is 19.8 Å². The van der Waals surface area contributed by atoms with Crippen LogP contribution in [0.3, 0.4) is 0 Å². The molecule has 1 aromatic carbocycles. The smallest absolute Gasteiger partial charge is 0.191 e. The van der Waals surface area contributed by atoms with Crippen molar-refractivity contribution in [1.82, 2.24) is 15.5 Å². The van der Waals surface area contributed by atoms with E-state index < -0.39 is 0 Å². The third kappa shape index (κ3) is 6.33. The Morgan fingerprint density at radius 3 is 2.40 bits per heavy atom. The fourth-order valence-electron chi connectivity index (χ4n) is 3.22. The number of nitrogens with one attached hydrogen (secondary N) is 2. The minimum absolute atomic E-state index is 0. The normalized spacial score (nSPS) is 19.9. The van der Waals surface area contributed by atoms with Crippen LogP contribution in [0.15, 0.2) is 35.3 Å². The van der Waals surface area contributed by atoms with Gasteiger partial charge in [-0.1, -0.05) is 18.2 Å². The molecule has 2 aliphatic rings. The molecule has 0 bridgehead atoms. The first kappa shape index (κ1) is 20.3. The van der Waals surface area contributed by atoms with E-state index in [-0.39, 0.29) is 24.0 Å². The van der Waals surface area contributed by atoms with E-state index in [0.717, 1.165) is 51.1 Å². The van der Waals surface area contributed by atoms with Gasteiger partial charge in [0.05, 0.1) is 0 Å². The molecule has 140 valence electrons. The van der Waals surface area contributed by atoms with Crippen molar-refractivity contribution < 1.29 is 0 Å². The highest BCUT2D eigenvalue weighted by Gasteiger charge is 2.23. The molecule has 1 aromatic rings. The largest absolute Gasteiger partial charge is 0.369 e. The van der Waals surface area contributed by atoms with Gasteiger partial charge in [-0.15, -0.1) is 24.0 Å². The summed E-state index contributed by atoms with van der Waals surface area (Å²) in [6, 6.07) is 11.2. The summed E-state index contributed by atoms with van der Waals surface area (Å²) >= 11 is 0. The summed E-state index contributed by atoms with van der Waals surface area (Å²) in [5, 5.41) is 6.91. The van der Waals surface area contributed by atoms with E-state index in [1.54, 1.807) is 0 Å². The van der Waals surface area contributed by atoms with Gasteiger partial charge in [0, 0.05) is 58.0 Å². The number of piperazine rings is 1. The summed E-state index contributed by atoms with van der Waals surface area (Å²) in [4.78, 5) is 9.37. The van der Waals surface area contributed by atoms with Crippen molar-refractivity contribution in [2.45, 2.75) is 25.8 Å². The molecule has 0 amide bonds. The number of halogens is 1. The van der Waals surface area contributed by atoms with Gasteiger partial charge in [-0.05, 0) is 37.8 Å². The number of hydrogen-bond donors (Lipinski definition) is 2. The van der Waals surface area contributed by atoms with E-state index in [1.165, 1.54) is 18.5 Å². The fraction of sp³-hybridized carbons (Fsp3) is 0.632. The van der Waals surface area contributed by atoms with Gasteiger partial charge < -0.3 is 15.5 Å². The summed E-state index contributed by atoms with van der Waals surface area (Å²) in [5.41, 5.74) is 1.34. The van der Waals surface area contributed by atoms with Crippen LogP contribution >= 0.6 is 24.0 Å². The molecule has 1 aliphatic heterocycles. The first-order chi connectivity index (χ1) is 11.8. The molecule has 0 spiro atoms. The Bertz CT molecular complexity index is 524. The number of rotatable bonds is 6. The Hall–Kier alpha value is -1.02. The maximum Gasteiger partial charge on any atom is 0.191 e. The van der Waals surface area contributed by atoms with E-state index in [4.69, 9.17) is 0 Å². The highest BCUT2D eigenvalue weighted by molar-refractivity contribution is 14.0. The number of hydrogen-bond acceptors (Lipinski definition) is 3. The lowest BCUT2D eigenvalue weighted by Gasteiger charge is -2.39. The van der Waals surface area contributed by atoms with Gasteiger partial charge in [0.1, 0.15) is 0 Å². The van der Waals surface area contributed by atoms with Crippen LogP contribution in [-0.2, 0) is 0 Å². The van der Waals surface area contributed by atoms with Gasteiger partial charge in [0.15, 0.2) is 5.96 Å². The van der Waals surface area contributed by atoms with E-state index in [1.807, 2.05) is 7.05 Å². The van der Waals surface area contributed by atoms with Crippen molar-refractivity contribution >= 4 is 35.6 Å². The Morgan fingerprint density at radius 2 is 1.80 bits per heavy atom. The van der Waals surface area contributed by atoms with Crippen LogP contribution in [0.2, 0.25) is 0 Å². The number of aliphatic imine (C=N–C) groups is 1. The molecule has 2 fully saturated rings. The topological polar surface area (TPSA) is 42.9 Å². The van der Waals surface area contributed by atoms with Gasteiger partial charge in [-0.25, -0.2) is 0 Å². The second-order valence-electron chi connectivity index (χ2n) is 6.98. The summed E-state index contributed by atoms with van der Waals surface area (Å²) in [7, 11) is 1.85. The molecule has 1 aliphatic carbocycles. The SMILES string of the molecule is CN=C(NCC1CC1)NCC(C)N1CCN(c2ccccc2)CC1.I. The van der Waals surface area contributed by atoms with Crippen LogP contribution in [0.5, 0.6) is 0 Å². The monoisotopic (exact) mass is 457 g/mol. The van der Waals surface area contributed by atoms with Crippen molar-refractivity contribution in [1.29, 1.82) is 0 Å². The fourth-order valence-corrected chi connectivity index (χ4v) is 3.22. The van der Waals surface area contributed by atoms with Crippen LogP contribution in [0, 0.1) is 5.92 Å². The van der Waals surface area contributed by atoms with Gasteiger partial charge in [-0.2, -0.15) is 0 Å². The third-order valence-corrected chi connectivity index (χ3v) is 5.10. The van der Waals surface area contributed by atoms with Crippen molar-refractivity contribution in [3.63, 3.8) is 0 Å². The molecule has 1 unspecified atom stereocenters. The summed E-state index contributed by atoms with van der Waals surface area (Å²) in [6.07, 6.45) is 2.73. The van der Waals surface area contributed by atoms with Crippen LogP contribution in [0.4, 0.5) is 5.69 Å². The average molecular weight is 457 g/mol. The minimum Gasteiger partial charge on any atom is -0.369 e. The Labute approximate surface area is 169 Å². The van der Waals surface area contributed by atoms with Crippen LogP contribution in [-0.4, -0.2) is 63.2 Å². The summed E-state index contributed by atoms with van der Waals surface area (Å²) < 4.78 is 0. The number of benzene rings is 1. The molecule has 25 heavy (non-hydrogen) atoms. The van der Waals surface area contributed by atoms with Gasteiger partial charge in [0.25, 0.3) is 0 Å². The molecule has 1 atom stereocenters. The Morgan fingerprint density at radius 1 is 1.12 bits per heavy atom. The number of anilines is 1. The molecule has 1 saturated heterocycles. The second kappa shape index (κ2) is 10.2. The molecule has 1 saturated carbocycles. The van der Waals surface area contributed by atoms with Gasteiger partial charge in [-0.3, -0.25) is 9.89 Å². The average Bonchev–Trinajstić information content (AvgIpc) is 3.47. The molecule has 2 N–H and O–H groups in total. The lowest BCUT2D eigenvalue weighted by Crippen LogP contribution is -2.53. The minimum atomic E-state index is 0. The predicted octanol–water partition coefficient (Wildman–Crippen LogP) is 2.39. The van der Waals surface area contributed by atoms with E-state index in [9.17, 15) is 0 Å². The van der Waals surface area contributed by atoms with Crippen molar-refractivity contribution in [2.75, 3.05) is 51.2 Å². The maximum atomic E-state index is 4.32. The maximum absolute atomic E-state index is 4.32. The molecule has 5 nitrogen and oxygen atoms in total. The second-order valence-corrected chi connectivity index (χ2v) is 6.98. The predicted molar refractivity (Wildman–Crippen MR) is 117 cm³/mol. The zero-order valence-electron chi connectivity index (χ0n) is 15.4. The molecular weight excluding hydrogens is 425 g/mol. The first-order valence-corrected chi connectivity index (χ1v) is 9.25. The third-order valence-electron chi connectivity index (χ3n) is 5.10. The van der Waals surface area contributed by atoms with Crippen molar-refractivity contribution in [3.8, 4) is 0 Å². The molecule has 6 heteroatoms. The van der Waals surface area contributed by atoms with Crippen LogP contribution in [0.25, 0.3) is 0 Å². The standard InChI is InChI=1S/C19H31N5.HI/c1-16(14-21-19(20-2)22-15-17-8-9-17)23-10-12-24(13-11-23)18-6-4-3-5-7-18;/h3-7,16-17H,8-15H2,1-2H3,(H2,20,21,22);1H. The lowest BCUT2D eigenvalue weighted by molar-refractivity contribution is 0.197. The molecule has 0 radical (unpaired) electrons. The van der Waals surface area contributed by atoms with E-state index >= 15 is 0 Å². The number of nitrogens with zero attached hydrogens (tertiary/aromatic N) is 3. The quantitative estimate of drug-likeness (QED) is 0.391. The molecular formula is C19H32IN5. The highest BCUT2D eigenvalue weighted by atomic mass is 127. The summed E-state index contributed by atoms with van der Waals surface area (Å²) in [5.74, 6) is 1.81. The lowest BCUT2D eigenvalue weighted by atomic mass is 10.2. The van der Waals surface area contributed by atoms with E-state index in [2.05, 4.69) is 62.7 Å². The zero-order chi connectivity index (χ0) is 16.8. The highest BCUT2D eigenvalue weighted by Crippen LogP contribution is 2.27. The van der Waals surface area contributed by atoms with E-state index in [0.29, 0.717) is 6.04 Å². The van der Waals surface area contributed by atoms with Crippen LogP contribution < -0.4 is 15.5 Å².